The van der Waals surface area contributed by atoms with Gasteiger partial charge in [-0.15, -0.1) is 11.3 Å². The molecule has 5 heteroatoms. The van der Waals surface area contributed by atoms with Crippen LogP contribution >= 0.6 is 11.3 Å². The number of aliphatic hydroxyl groups is 1. The fraction of sp³-hybridized carbons (Fsp3) is 0.471. The molecule has 0 radical (unpaired) electrons. The molecule has 0 aliphatic rings. The van der Waals surface area contributed by atoms with Crippen LogP contribution in [-0.2, 0) is 0 Å². The lowest BCUT2D eigenvalue weighted by Gasteiger charge is -2.31. The first-order valence-electron chi connectivity index (χ1n) is 7.34. The number of rotatable bonds is 4. The van der Waals surface area contributed by atoms with Crippen molar-refractivity contribution in [2.24, 2.45) is 5.41 Å². The first kappa shape index (κ1) is 16.9. The van der Waals surface area contributed by atoms with Gasteiger partial charge in [0, 0.05) is 17.3 Å². The van der Waals surface area contributed by atoms with Crippen LogP contribution in [0.25, 0.3) is 10.1 Å². The maximum Gasteiger partial charge on any atom is 0.261 e. The highest BCUT2D eigenvalue weighted by Crippen LogP contribution is 2.32. The maximum absolute atomic E-state index is 13.4. The van der Waals surface area contributed by atoms with Crippen LogP contribution in [0.3, 0.4) is 0 Å². The topological polar surface area (TPSA) is 49.3 Å². The summed E-state index contributed by atoms with van der Waals surface area (Å²) in [5, 5.41) is 13.0. The molecule has 0 fully saturated rings. The number of amides is 1. The zero-order valence-electron chi connectivity index (χ0n) is 13.4. The highest BCUT2D eigenvalue weighted by molar-refractivity contribution is 7.21. The fourth-order valence-electron chi connectivity index (χ4n) is 2.48. The molecule has 1 aromatic heterocycles. The molecule has 1 aromatic carbocycles. The van der Waals surface area contributed by atoms with Crippen LogP contribution in [0.2, 0.25) is 0 Å². The minimum atomic E-state index is -0.298. The van der Waals surface area contributed by atoms with Gasteiger partial charge in [0.05, 0.1) is 4.88 Å². The third kappa shape index (κ3) is 3.47. The van der Waals surface area contributed by atoms with E-state index < -0.39 is 0 Å². The first-order chi connectivity index (χ1) is 10.2. The molecular formula is C17H22FNO2S. The average molecular weight is 323 g/mol. The van der Waals surface area contributed by atoms with Crippen LogP contribution in [0.4, 0.5) is 4.39 Å². The van der Waals surface area contributed by atoms with Gasteiger partial charge >= 0.3 is 0 Å². The van der Waals surface area contributed by atoms with Crippen LogP contribution in [0, 0.1) is 18.2 Å². The van der Waals surface area contributed by atoms with Gasteiger partial charge < -0.3 is 10.4 Å². The van der Waals surface area contributed by atoms with Gasteiger partial charge in [0.15, 0.2) is 0 Å². The Labute approximate surface area is 134 Å². The van der Waals surface area contributed by atoms with Crippen molar-refractivity contribution < 1.29 is 14.3 Å². The minimum absolute atomic E-state index is 0.0266. The van der Waals surface area contributed by atoms with Crippen LogP contribution in [0.1, 0.15) is 42.4 Å². The number of benzene rings is 1. The Morgan fingerprint density at radius 1 is 1.41 bits per heavy atom. The molecule has 22 heavy (non-hydrogen) atoms. The number of aryl methyl sites for hydroxylation is 1. The fourth-order valence-corrected chi connectivity index (χ4v) is 3.58. The second-order valence-corrected chi connectivity index (χ2v) is 7.65. The van der Waals surface area contributed by atoms with Gasteiger partial charge in [0.1, 0.15) is 5.82 Å². The predicted octanol–water partition coefficient (Wildman–Crippen LogP) is 3.88. The summed E-state index contributed by atoms with van der Waals surface area (Å²) in [6.45, 7) is 7.95. The molecule has 3 nitrogen and oxygen atoms in total. The highest BCUT2D eigenvalue weighted by Gasteiger charge is 2.27. The molecule has 1 atom stereocenters. The Balaban J connectivity index is 2.31. The van der Waals surface area contributed by atoms with Gasteiger partial charge in [-0.25, -0.2) is 4.39 Å². The third-order valence-electron chi connectivity index (χ3n) is 3.87. The van der Waals surface area contributed by atoms with Gasteiger partial charge in [-0.3, -0.25) is 4.79 Å². The number of carbonyl (C=O) groups excluding carboxylic acids is 1. The van der Waals surface area contributed by atoms with E-state index >= 15 is 0 Å². The summed E-state index contributed by atoms with van der Waals surface area (Å²) >= 11 is 1.37. The first-order valence-corrected chi connectivity index (χ1v) is 8.16. The lowest BCUT2D eigenvalue weighted by atomic mass is 9.85. The van der Waals surface area contributed by atoms with Crippen molar-refractivity contribution in [3.05, 3.63) is 34.5 Å². The van der Waals surface area contributed by atoms with Crippen molar-refractivity contribution in [3.63, 3.8) is 0 Å². The minimum Gasteiger partial charge on any atom is -0.396 e. The van der Waals surface area contributed by atoms with Gasteiger partial charge in [-0.05, 0) is 47.9 Å². The van der Waals surface area contributed by atoms with Gasteiger partial charge in [0.2, 0.25) is 0 Å². The maximum atomic E-state index is 13.4. The molecule has 2 aromatic rings. The number of thiophene rings is 1. The molecule has 0 saturated heterocycles. The number of hydrogen-bond donors (Lipinski definition) is 2. The predicted molar refractivity (Wildman–Crippen MR) is 88.9 cm³/mol. The zero-order valence-corrected chi connectivity index (χ0v) is 14.2. The van der Waals surface area contributed by atoms with E-state index in [4.69, 9.17) is 0 Å². The molecular weight excluding hydrogens is 301 g/mol. The van der Waals surface area contributed by atoms with E-state index in [0.29, 0.717) is 11.3 Å². The number of hydrogen-bond acceptors (Lipinski definition) is 3. The molecule has 2 rings (SSSR count). The Bertz CT molecular complexity index is 688. The molecule has 0 bridgehead atoms. The summed E-state index contributed by atoms with van der Waals surface area (Å²) in [6.07, 6.45) is 0.508. The Hall–Kier alpha value is -1.46. The van der Waals surface area contributed by atoms with Crippen LogP contribution in [0.5, 0.6) is 0 Å². The quantitative estimate of drug-likeness (QED) is 0.897. The molecule has 120 valence electrons. The van der Waals surface area contributed by atoms with Crippen LogP contribution in [0.15, 0.2) is 18.2 Å². The summed E-state index contributed by atoms with van der Waals surface area (Å²) in [7, 11) is 0. The standard InChI is InChI=1S/C17H22FNO2S/c1-10-12-9-11(18)5-6-13(12)22-15(10)16(21)19-14(7-8-20)17(2,3)4/h5-6,9,14,20H,7-8H2,1-4H3,(H,19,21)/t14-/m1/s1. The van der Waals surface area contributed by atoms with Crippen LogP contribution in [-0.4, -0.2) is 23.7 Å². The lowest BCUT2D eigenvalue weighted by molar-refractivity contribution is 0.0889. The summed E-state index contributed by atoms with van der Waals surface area (Å²) in [5.41, 5.74) is 0.656. The van der Waals surface area contributed by atoms with E-state index in [1.807, 2.05) is 27.7 Å². The molecule has 1 amide bonds. The smallest absolute Gasteiger partial charge is 0.261 e. The number of fused-ring (bicyclic) bond motifs is 1. The van der Waals surface area contributed by atoms with Gasteiger partial charge in [-0.1, -0.05) is 20.8 Å². The zero-order chi connectivity index (χ0) is 16.5. The molecule has 0 saturated carbocycles. The van der Waals surface area contributed by atoms with E-state index in [1.165, 1.54) is 23.5 Å². The number of aliphatic hydroxyl groups excluding tert-OH is 1. The Morgan fingerprint density at radius 3 is 2.68 bits per heavy atom. The van der Waals surface area contributed by atoms with Crippen molar-refractivity contribution in [2.45, 2.75) is 40.2 Å². The van der Waals surface area contributed by atoms with E-state index in [-0.39, 0.29) is 29.8 Å². The van der Waals surface area contributed by atoms with Crippen molar-refractivity contribution in [1.82, 2.24) is 5.32 Å². The number of halogens is 1. The summed E-state index contributed by atoms with van der Waals surface area (Å²) in [4.78, 5) is 13.2. The van der Waals surface area contributed by atoms with Gasteiger partial charge in [0.25, 0.3) is 5.91 Å². The second-order valence-electron chi connectivity index (χ2n) is 6.60. The Morgan fingerprint density at radius 2 is 2.09 bits per heavy atom. The summed E-state index contributed by atoms with van der Waals surface area (Å²) in [6, 6.07) is 4.45. The normalized spacial score (nSPS) is 13.4. The number of nitrogens with one attached hydrogen (secondary N) is 1. The molecule has 0 spiro atoms. The summed E-state index contributed by atoms with van der Waals surface area (Å²) in [5.74, 6) is -0.458. The monoisotopic (exact) mass is 323 g/mol. The Kier molecular flexibility index (Phi) is 4.87. The molecule has 0 unspecified atom stereocenters. The van der Waals surface area contributed by atoms with Crippen LogP contribution < -0.4 is 5.32 Å². The summed E-state index contributed by atoms with van der Waals surface area (Å²) < 4.78 is 14.3. The van der Waals surface area contributed by atoms with E-state index in [9.17, 15) is 14.3 Å². The molecule has 2 N–H and O–H groups in total. The van der Waals surface area contributed by atoms with E-state index in [1.54, 1.807) is 6.07 Å². The SMILES string of the molecule is Cc1c(C(=O)N[C@H](CCO)C(C)(C)C)sc2ccc(F)cc12. The largest absolute Gasteiger partial charge is 0.396 e. The molecule has 0 aliphatic carbocycles. The molecule has 0 aliphatic heterocycles. The van der Waals surface area contributed by atoms with Crippen molar-refractivity contribution in [3.8, 4) is 0 Å². The average Bonchev–Trinajstić information content (AvgIpc) is 2.74. The van der Waals surface area contributed by atoms with Crippen molar-refractivity contribution >= 4 is 27.3 Å². The number of carbonyl (C=O) groups is 1. The van der Waals surface area contributed by atoms with E-state index in [0.717, 1.165) is 15.6 Å². The van der Waals surface area contributed by atoms with Crippen molar-refractivity contribution in [1.29, 1.82) is 0 Å². The second kappa shape index (κ2) is 6.34. The molecule has 1 heterocycles. The third-order valence-corrected chi connectivity index (χ3v) is 5.14. The van der Waals surface area contributed by atoms with Gasteiger partial charge in [-0.2, -0.15) is 0 Å². The highest BCUT2D eigenvalue weighted by atomic mass is 32.1. The lowest BCUT2D eigenvalue weighted by Crippen LogP contribution is -2.44. The van der Waals surface area contributed by atoms with E-state index in [2.05, 4.69) is 5.32 Å². The van der Waals surface area contributed by atoms with Crippen molar-refractivity contribution in [2.75, 3.05) is 6.61 Å².